The minimum Gasteiger partial charge on any atom is -0.508 e. The van der Waals surface area contributed by atoms with Gasteiger partial charge in [0.2, 0.25) is 0 Å². The third-order valence-corrected chi connectivity index (χ3v) is 7.86. The van der Waals surface area contributed by atoms with Crippen molar-refractivity contribution < 1.29 is 97.2 Å². The second kappa shape index (κ2) is 10.4. The Morgan fingerprint density at radius 1 is 0.838 bits per heavy atom. The van der Waals surface area contributed by atoms with Gasteiger partial charge in [-0.1, -0.05) is 12.1 Å². The molecule has 0 spiro atoms. The van der Waals surface area contributed by atoms with E-state index in [4.69, 9.17) is 4.42 Å². The Morgan fingerprint density at radius 3 is 2.24 bits per heavy atom. The van der Waals surface area contributed by atoms with Crippen molar-refractivity contribution in [3.8, 4) is 33.9 Å². The molecule has 37 heavy (non-hydrogen) atoms. The molecule has 0 aliphatic carbocycles. The minimum atomic E-state index is -0.427. The van der Waals surface area contributed by atoms with Gasteiger partial charge in [0.05, 0.1) is 5.69 Å². The number of aryl methyl sites for hydroxylation is 4. The summed E-state index contributed by atoms with van der Waals surface area (Å²) in [7, 11) is 0. The van der Waals surface area contributed by atoms with E-state index in [2.05, 4.69) is 31.4 Å². The third-order valence-electron chi connectivity index (χ3n) is 7.86. The van der Waals surface area contributed by atoms with Gasteiger partial charge in [-0.2, -0.15) is 0 Å². The largest absolute Gasteiger partial charge is 0.508 e. The second-order valence-corrected chi connectivity index (χ2v) is 9.84. The van der Waals surface area contributed by atoms with Gasteiger partial charge in [-0.25, -0.2) is 4.79 Å². The fourth-order valence-corrected chi connectivity index (χ4v) is 5.64. The fourth-order valence-electron chi connectivity index (χ4n) is 5.64. The molecule has 0 bridgehead atoms. The first-order valence-corrected chi connectivity index (χ1v) is 11.9. The molecule has 0 saturated carbocycles. The van der Waals surface area contributed by atoms with Gasteiger partial charge in [0.25, 0.3) is 0 Å². The van der Waals surface area contributed by atoms with Crippen LogP contribution in [0.4, 0.5) is 0 Å². The molecule has 3 aromatic carbocycles. The van der Waals surface area contributed by atoms with Crippen molar-refractivity contribution in [3.05, 3.63) is 80.2 Å². The molecular formula is C30H27NO4Pr2. The average Bonchev–Trinajstić information content (AvgIpc) is 3.17. The Hall–Kier alpha value is -1.26. The molecule has 0 saturated heterocycles. The summed E-state index contributed by atoms with van der Waals surface area (Å²) in [5, 5.41) is 22.5. The van der Waals surface area contributed by atoms with Crippen molar-refractivity contribution in [2.24, 2.45) is 0 Å². The van der Waals surface area contributed by atoms with Crippen LogP contribution in [0.5, 0.6) is 11.5 Å². The minimum absolute atomic E-state index is 0. The number of phenolic OH excluding ortho intramolecular Hbond substituents is 2. The summed E-state index contributed by atoms with van der Waals surface area (Å²) >= 11 is 0. The molecule has 182 valence electrons. The number of rotatable bonds is 1. The SMILES string of the molecule is Cc1ccc(-c2c3n(c4c(=O)oc5cc(O)c(C)cc5c24)CCc2c-3cc(C)c(C)c2C)cc1O.[Pr].[Pr]. The van der Waals surface area contributed by atoms with Crippen molar-refractivity contribution in [1.82, 2.24) is 4.57 Å². The molecular weight excluding hydrogens is 720 g/mol. The predicted molar refractivity (Wildman–Crippen MR) is 140 cm³/mol. The van der Waals surface area contributed by atoms with E-state index in [-0.39, 0.29) is 94.1 Å². The summed E-state index contributed by atoms with van der Waals surface area (Å²) in [5.41, 5.74) is 10.9. The van der Waals surface area contributed by atoms with Gasteiger partial charge in [0.1, 0.15) is 22.6 Å². The van der Waals surface area contributed by atoms with Crippen LogP contribution in [-0.4, -0.2) is 14.8 Å². The van der Waals surface area contributed by atoms with Crippen LogP contribution >= 0.6 is 0 Å². The van der Waals surface area contributed by atoms with Gasteiger partial charge in [-0.15, -0.1) is 0 Å². The molecule has 5 aromatic rings. The zero-order chi connectivity index (χ0) is 24.8. The normalized spacial score (nSPS) is 12.1. The molecule has 0 unspecified atom stereocenters. The number of aromatic hydroxyl groups is 2. The van der Waals surface area contributed by atoms with Crippen molar-refractivity contribution in [3.63, 3.8) is 0 Å². The molecule has 2 N–H and O–H groups in total. The first-order valence-electron chi connectivity index (χ1n) is 11.9. The topological polar surface area (TPSA) is 75.6 Å². The molecule has 5 nitrogen and oxygen atoms in total. The van der Waals surface area contributed by atoms with Gasteiger partial charge >= 0.3 is 5.63 Å². The molecule has 0 fully saturated rings. The summed E-state index contributed by atoms with van der Waals surface area (Å²) < 4.78 is 7.83. The van der Waals surface area contributed by atoms with Gasteiger partial charge in [-0.3, -0.25) is 0 Å². The van der Waals surface area contributed by atoms with Crippen LogP contribution < -0.4 is 5.63 Å². The van der Waals surface area contributed by atoms with Crippen LogP contribution in [0.3, 0.4) is 0 Å². The quantitative estimate of drug-likeness (QED) is 0.190. The third kappa shape index (κ3) is 4.33. The van der Waals surface area contributed by atoms with Crippen LogP contribution in [0.25, 0.3) is 44.3 Å². The van der Waals surface area contributed by atoms with Gasteiger partial charge in [-0.05, 0) is 98.2 Å². The van der Waals surface area contributed by atoms with Crippen molar-refractivity contribution in [2.45, 2.75) is 47.6 Å². The molecule has 1 aliphatic heterocycles. The van der Waals surface area contributed by atoms with Crippen LogP contribution in [0.2, 0.25) is 0 Å². The number of hydrogen-bond acceptors (Lipinski definition) is 4. The van der Waals surface area contributed by atoms with E-state index in [1.54, 1.807) is 6.07 Å². The first-order chi connectivity index (χ1) is 16.7. The van der Waals surface area contributed by atoms with Crippen LogP contribution in [0.15, 0.2) is 45.6 Å². The number of phenols is 2. The number of hydrogen-bond donors (Lipinski definition) is 2. The number of aromatic nitrogens is 1. The predicted octanol–water partition coefficient (Wildman–Crippen LogP) is 6.59. The molecule has 1 aliphatic rings. The molecule has 2 radical (unpaired) electrons. The Balaban J connectivity index is 0.00000160. The molecule has 0 amide bonds. The summed E-state index contributed by atoms with van der Waals surface area (Å²) in [6, 6.07) is 11.3. The van der Waals surface area contributed by atoms with Crippen molar-refractivity contribution in [2.75, 3.05) is 0 Å². The molecule has 7 heteroatoms. The van der Waals surface area contributed by atoms with Crippen LogP contribution in [0.1, 0.15) is 33.4 Å². The second-order valence-electron chi connectivity index (χ2n) is 9.84. The Morgan fingerprint density at radius 2 is 1.54 bits per heavy atom. The monoisotopic (exact) mass is 747 g/mol. The fraction of sp³-hybridized carbons (Fsp3) is 0.233. The standard InChI is InChI=1S/C30H27NO4.2Pr/c1-14-6-7-19(12-23(14)32)26-27-22-11-16(3)24(33)13-25(22)35-30(34)29(27)31-9-8-20-18(5)17(4)15(2)10-21(20)28(26)31;;/h6-7,10-13,32-33H,8-9H2,1-5H3;;. The zero-order valence-corrected chi connectivity index (χ0v) is 29.1. The zero-order valence-electron chi connectivity index (χ0n) is 21.7. The molecule has 2 aromatic heterocycles. The summed E-state index contributed by atoms with van der Waals surface area (Å²) in [6.07, 6.45) is 0.823. The van der Waals surface area contributed by atoms with Crippen LogP contribution in [0, 0.1) is 117 Å². The van der Waals surface area contributed by atoms with E-state index in [1.807, 2.05) is 32.0 Å². The maximum Gasteiger partial charge on any atom is 0.361 e. The van der Waals surface area contributed by atoms with E-state index in [9.17, 15) is 15.0 Å². The van der Waals surface area contributed by atoms with E-state index < -0.39 is 5.63 Å². The van der Waals surface area contributed by atoms with Crippen molar-refractivity contribution >= 4 is 21.9 Å². The molecule has 0 atom stereocenters. The summed E-state index contributed by atoms with van der Waals surface area (Å²) in [4.78, 5) is 13.4. The number of benzene rings is 3. The Bertz CT molecular complexity index is 1800. The first kappa shape index (κ1) is 28.7. The maximum atomic E-state index is 13.4. The van der Waals surface area contributed by atoms with E-state index in [0.29, 0.717) is 23.2 Å². The van der Waals surface area contributed by atoms with Gasteiger partial charge < -0.3 is 19.2 Å². The average molecular weight is 747 g/mol. The van der Waals surface area contributed by atoms with E-state index in [0.717, 1.165) is 45.1 Å². The van der Waals surface area contributed by atoms with Crippen molar-refractivity contribution in [1.29, 1.82) is 0 Å². The van der Waals surface area contributed by atoms with E-state index >= 15 is 0 Å². The number of fused-ring (bicyclic) bond motifs is 7. The number of nitrogens with zero attached hydrogens (tertiary/aromatic N) is 1. The van der Waals surface area contributed by atoms with Gasteiger partial charge in [0, 0.05) is 117 Å². The summed E-state index contributed by atoms with van der Waals surface area (Å²) in [6.45, 7) is 10.8. The molecule has 6 rings (SSSR count). The Kier molecular flexibility index (Phi) is 8.06. The van der Waals surface area contributed by atoms with E-state index in [1.165, 1.54) is 28.3 Å². The van der Waals surface area contributed by atoms with Crippen LogP contribution in [-0.2, 0) is 13.0 Å². The molecule has 3 heterocycles. The van der Waals surface area contributed by atoms with Gasteiger partial charge in [0.15, 0.2) is 0 Å². The smallest absolute Gasteiger partial charge is 0.361 e. The summed E-state index contributed by atoms with van der Waals surface area (Å²) in [5.74, 6) is 0.301. The maximum absolute atomic E-state index is 13.4. The Labute approximate surface area is 281 Å².